The lowest BCUT2D eigenvalue weighted by atomic mass is 10.0. The van der Waals surface area contributed by atoms with E-state index in [2.05, 4.69) is 135 Å². The molecule has 0 amide bonds. The van der Waals surface area contributed by atoms with E-state index in [-0.39, 0.29) is 32.2 Å². The molecular formula is C86H149NO8. The average Bonchev–Trinajstić information content (AvgIpc) is 3.75. The standard InChI is InChI=1S/C86H149NO8/c1-6-8-10-12-14-16-18-20-22-24-26-28-30-32-34-36-38-40-41-42-43-45-47-49-51-53-55-57-59-61-63-65-67-69-71-73-75-77-84(89)95-82(81-94-86(85(90)91)92-79-78-87(3,4)5)80-93-83(88)76-74-72-70-68-66-64-62-60-58-56-54-52-50-48-46-44-39-37-35-33-31-29-27-25-23-21-19-17-15-13-11-9-7-2/h8,10,14,16,19-22,25-28,32,34,38,40,42-43,47,49,82,86H,6-7,9,11-13,15,17-18,23-24,29-31,33,35-37,39,41,44-46,48,50-81H2,1-5H3/b10-8-,16-14-,21-19-,22-20-,27-25-,28-26-,34-32-,40-38-,43-42-,49-47-. The zero-order valence-electron chi connectivity index (χ0n) is 62.5. The fraction of sp³-hybridized carbons (Fsp3) is 0.733. The van der Waals surface area contributed by atoms with Gasteiger partial charge in [-0.15, -0.1) is 0 Å². The lowest BCUT2D eigenvalue weighted by Gasteiger charge is -2.26. The first-order valence-electron chi connectivity index (χ1n) is 39.7. The molecule has 0 heterocycles. The molecule has 9 nitrogen and oxygen atoms in total. The molecule has 2 unspecified atom stereocenters. The number of unbranched alkanes of at least 4 members (excludes halogenated alkanes) is 38. The topological polar surface area (TPSA) is 111 Å². The van der Waals surface area contributed by atoms with Crippen LogP contribution in [0.5, 0.6) is 0 Å². The van der Waals surface area contributed by atoms with E-state index in [1.165, 1.54) is 218 Å². The lowest BCUT2D eigenvalue weighted by Crippen LogP contribution is -2.44. The Kier molecular flexibility index (Phi) is 72.0. The van der Waals surface area contributed by atoms with Crippen LogP contribution < -0.4 is 5.11 Å². The molecule has 0 spiro atoms. The monoisotopic (exact) mass is 1320 g/mol. The fourth-order valence-electron chi connectivity index (χ4n) is 11.2. The van der Waals surface area contributed by atoms with Crippen molar-refractivity contribution in [3.63, 3.8) is 0 Å². The number of aliphatic carboxylic acids is 1. The maximum absolute atomic E-state index is 13.0. The van der Waals surface area contributed by atoms with Gasteiger partial charge in [0.05, 0.1) is 40.3 Å². The summed E-state index contributed by atoms with van der Waals surface area (Å²) in [7, 11) is 5.94. The number of carbonyl (C=O) groups is 3. The number of likely N-dealkylation sites (N-methyl/N-ethyl adjacent to an activating group) is 1. The van der Waals surface area contributed by atoms with Crippen LogP contribution in [-0.4, -0.2) is 82.3 Å². The number of ether oxygens (including phenoxy) is 4. The molecule has 546 valence electrons. The number of nitrogens with zero attached hydrogens (tertiary/aromatic N) is 1. The lowest BCUT2D eigenvalue weighted by molar-refractivity contribution is -0.870. The summed E-state index contributed by atoms with van der Waals surface area (Å²) in [6.45, 7) is 4.66. The largest absolute Gasteiger partial charge is 0.545 e. The van der Waals surface area contributed by atoms with Crippen molar-refractivity contribution >= 4 is 17.9 Å². The van der Waals surface area contributed by atoms with E-state index in [0.29, 0.717) is 23.9 Å². The van der Waals surface area contributed by atoms with Crippen molar-refractivity contribution in [3.8, 4) is 0 Å². The van der Waals surface area contributed by atoms with Gasteiger partial charge in [0, 0.05) is 12.8 Å². The van der Waals surface area contributed by atoms with Crippen LogP contribution in [0.3, 0.4) is 0 Å². The second kappa shape index (κ2) is 75.5. The molecule has 0 aromatic heterocycles. The minimum atomic E-state index is -1.63. The second-order valence-corrected chi connectivity index (χ2v) is 27.6. The summed E-state index contributed by atoms with van der Waals surface area (Å²) in [5.41, 5.74) is 0. The Labute approximate surface area is 587 Å². The van der Waals surface area contributed by atoms with Gasteiger partial charge in [-0.3, -0.25) is 9.59 Å². The Hall–Kier alpha value is -4.31. The molecule has 0 fully saturated rings. The van der Waals surface area contributed by atoms with Gasteiger partial charge in [0.25, 0.3) is 0 Å². The quantitative estimate of drug-likeness (QED) is 0.0195. The highest BCUT2D eigenvalue weighted by Gasteiger charge is 2.22. The van der Waals surface area contributed by atoms with Gasteiger partial charge in [-0.25, -0.2) is 0 Å². The third-order valence-electron chi connectivity index (χ3n) is 17.2. The minimum absolute atomic E-state index is 0.144. The third kappa shape index (κ3) is 76.9. The van der Waals surface area contributed by atoms with Gasteiger partial charge in [-0.05, 0) is 109 Å². The van der Waals surface area contributed by atoms with Crippen molar-refractivity contribution < 1.29 is 42.9 Å². The molecule has 0 aliphatic carbocycles. The van der Waals surface area contributed by atoms with E-state index in [1.54, 1.807) is 0 Å². The molecule has 0 saturated carbocycles. The third-order valence-corrected chi connectivity index (χ3v) is 17.2. The summed E-state index contributed by atoms with van der Waals surface area (Å²) >= 11 is 0. The SMILES string of the molecule is CC/C=C\C/C=C\C/C=C\C/C=C\C/C=C\C/C=C\C/C=C\C/C=C\CCCCCCCCCCCCCCC(=O)OC(COC(=O)CCCCCCCCCCCCCCCCCCCCCCC/C=C\C/C=C\CCCCCCC)COC(OCC[N+](C)(C)C)C(=O)[O-]. The van der Waals surface area contributed by atoms with Crippen LogP contribution in [0, 0.1) is 0 Å². The highest BCUT2D eigenvalue weighted by Crippen LogP contribution is 2.18. The van der Waals surface area contributed by atoms with Gasteiger partial charge in [0.15, 0.2) is 12.4 Å². The summed E-state index contributed by atoms with van der Waals surface area (Å²) in [6, 6.07) is 0. The Morgan fingerprint density at radius 1 is 0.326 bits per heavy atom. The molecule has 95 heavy (non-hydrogen) atoms. The first kappa shape index (κ1) is 90.7. The van der Waals surface area contributed by atoms with Crippen LogP contribution in [0.2, 0.25) is 0 Å². The van der Waals surface area contributed by atoms with Gasteiger partial charge >= 0.3 is 11.9 Å². The molecule has 9 heteroatoms. The zero-order chi connectivity index (χ0) is 69.0. The normalized spacial score (nSPS) is 13.3. The van der Waals surface area contributed by atoms with Crippen LogP contribution in [0.4, 0.5) is 0 Å². The van der Waals surface area contributed by atoms with Gasteiger partial charge in [0.1, 0.15) is 13.2 Å². The predicted octanol–water partition coefficient (Wildman–Crippen LogP) is 24.1. The number of carboxylic acid groups (broad SMARTS) is 1. The summed E-state index contributed by atoms with van der Waals surface area (Å²) in [5, 5.41) is 11.9. The zero-order valence-corrected chi connectivity index (χ0v) is 62.5. The molecule has 0 aromatic rings. The van der Waals surface area contributed by atoms with E-state index in [9.17, 15) is 19.5 Å². The van der Waals surface area contributed by atoms with Crippen LogP contribution in [0.1, 0.15) is 348 Å². The van der Waals surface area contributed by atoms with Gasteiger partial charge in [-0.2, -0.15) is 0 Å². The number of carboxylic acids is 1. The summed E-state index contributed by atoms with van der Waals surface area (Å²) in [5.74, 6) is -2.27. The Morgan fingerprint density at radius 3 is 0.895 bits per heavy atom. The maximum Gasteiger partial charge on any atom is 0.306 e. The van der Waals surface area contributed by atoms with Crippen LogP contribution in [-0.2, 0) is 33.3 Å². The van der Waals surface area contributed by atoms with Crippen molar-refractivity contribution in [3.05, 3.63) is 122 Å². The Balaban J connectivity index is 4.06. The van der Waals surface area contributed by atoms with Crippen molar-refractivity contribution in [1.82, 2.24) is 0 Å². The molecule has 0 radical (unpaired) electrons. The summed E-state index contributed by atoms with van der Waals surface area (Å²) in [6.07, 6.45) is 105. The molecule has 0 bridgehead atoms. The maximum atomic E-state index is 13.0. The van der Waals surface area contributed by atoms with Crippen molar-refractivity contribution in [2.75, 3.05) is 47.5 Å². The molecule has 0 aliphatic heterocycles. The summed E-state index contributed by atoms with van der Waals surface area (Å²) in [4.78, 5) is 37.6. The highest BCUT2D eigenvalue weighted by atomic mass is 16.7. The first-order chi connectivity index (χ1) is 46.6. The van der Waals surface area contributed by atoms with Gasteiger partial charge in [0.2, 0.25) is 0 Å². The molecule has 0 aliphatic rings. The van der Waals surface area contributed by atoms with Gasteiger partial charge < -0.3 is 33.3 Å². The van der Waals surface area contributed by atoms with E-state index in [0.717, 1.165) is 96.3 Å². The van der Waals surface area contributed by atoms with Gasteiger partial charge in [-0.1, -0.05) is 347 Å². The van der Waals surface area contributed by atoms with Crippen molar-refractivity contribution in [1.29, 1.82) is 0 Å². The average molecular weight is 1330 g/mol. The number of quaternary nitrogens is 1. The van der Waals surface area contributed by atoms with Crippen LogP contribution in [0.25, 0.3) is 0 Å². The van der Waals surface area contributed by atoms with Crippen molar-refractivity contribution in [2.24, 2.45) is 0 Å². The van der Waals surface area contributed by atoms with Crippen LogP contribution in [0.15, 0.2) is 122 Å². The number of hydrogen-bond acceptors (Lipinski definition) is 8. The summed E-state index contributed by atoms with van der Waals surface area (Å²) < 4.78 is 22.9. The number of rotatable bonds is 73. The molecule has 0 rings (SSSR count). The van der Waals surface area contributed by atoms with E-state index >= 15 is 0 Å². The second-order valence-electron chi connectivity index (χ2n) is 27.6. The van der Waals surface area contributed by atoms with E-state index < -0.39 is 24.3 Å². The van der Waals surface area contributed by atoms with E-state index in [4.69, 9.17) is 18.9 Å². The number of carbonyl (C=O) groups excluding carboxylic acids is 3. The first-order valence-corrected chi connectivity index (χ1v) is 39.7. The molecular weight excluding hydrogens is 1170 g/mol. The van der Waals surface area contributed by atoms with Crippen LogP contribution >= 0.6 is 0 Å². The smallest absolute Gasteiger partial charge is 0.306 e. The Bertz CT molecular complexity index is 1980. The predicted molar refractivity (Wildman–Crippen MR) is 407 cm³/mol. The molecule has 0 N–H and O–H groups in total. The Morgan fingerprint density at radius 2 is 0.600 bits per heavy atom. The fourth-order valence-corrected chi connectivity index (χ4v) is 11.2. The minimum Gasteiger partial charge on any atom is -0.545 e. The number of esters is 2. The highest BCUT2D eigenvalue weighted by molar-refractivity contribution is 5.70. The van der Waals surface area contributed by atoms with E-state index in [1.807, 2.05) is 21.1 Å². The molecule has 0 saturated heterocycles. The van der Waals surface area contributed by atoms with Crippen molar-refractivity contribution in [2.45, 2.75) is 360 Å². The number of allylic oxidation sites excluding steroid dienone is 20. The molecule has 2 atom stereocenters. The number of hydrogen-bond donors (Lipinski definition) is 0. The molecule has 0 aromatic carbocycles.